The van der Waals surface area contributed by atoms with E-state index in [-0.39, 0.29) is 12.5 Å². The number of rotatable bonds is 7. The molecule has 0 aromatic heterocycles. The van der Waals surface area contributed by atoms with Gasteiger partial charge < -0.3 is 15.2 Å². The van der Waals surface area contributed by atoms with Crippen LogP contribution in [-0.4, -0.2) is 29.3 Å². The molecule has 2 unspecified atom stereocenters. The zero-order valence-electron chi connectivity index (χ0n) is 13.9. The highest BCUT2D eigenvalue weighted by Gasteiger charge is 2.51. The van der Waals surface area contributed by atoms with Gasteiger partial charge in [0.15, 0.2) is 0 Å². The van der Waals surface area contributed by atoms with E-state index in [4.69, 9.17) is 4.74 Å². The highest BCUT2D eigenvalue weighted by atomic mass is 16.6. The fourth-order valence-corrected chi connectivity index (χ4v) is 2.67. The molecule has 0 radical (unpaired) electrons. The molecule has 1 amide bonds. The molecule has 0 saturated heterocycles. The van der Waals surface area contributed by atoms with E-state index in [2.05, 4.69) is 19.2 Å². The van der Waals surface area contributed by atoms with Crippen LogP contribution in [0.4, 0.5) is 4.79 Å². The van der Waals surface area contributed by atoms with Crippen molar-refractivity contribution in [3.63, 3.8) is 0 Å². The van der Waals surface area contributed by atoms with Gasteiger partial charge in [0.25, 0.3) is 0 Å². The fraction of sp³-hybridized carbons (Fsp3) is 0.875. The molecule has 0 spiro atoms. The van der Waals surface area contributed by atoms with Crippen LogP contribution in [0.2, 0.25) is 0 Å². The Bertz CT molecular complexity index is 384. The molecular formula is C16H29NO4. The highest BCUT2D eigenvalue weighted by molar-refractivity contribution is 5.77. The summed E-state index contributed by atoms with van der Waals surface area (Å²) in [6.07, 6.45) is 2.85. The Labute approximate surface area is 127 Å². The maximum Gasteiger partial charge on any atom is 0.407 e. The standard InChI is InChI=1S/C16H29NO4/c1-6-11(2)9-16(13(18)19,12-7-8-12)10-17-14(20)21-15(3,4)5/h11-12H,6-10H2,1-5H3,(H,17,20)(H,18,19). The van der Waals surface area contributed by atoms with Crippen LogP contribution in [0.25, 0.3) is 0 Å². The second-order valence-corrected chi connectivity index (χ2v) is 7.31. The maximum absolute atomic E-state index is 11.9. The number of carbonyl (C=O) groups excluding carboxylic acids is 1. The Morgan fingerprint density at radius 2 is 1.90 bits per heavy atom. The summed E-state index contributed by atoms with van der Waals surface area (Å²) in [6.45, 7) is 9.64. The van der Waals surface area contributed by atoms with Crippen LogP contribution in [0.1, 0.15) is 60.3 Å². The van der Waals surface area contributed by atoms with Gasteiger partial charge in [-0.2, -0.15) is 0 Å². The zero-order valence-corrected chi connectivity index (χ0v) is 13.9. The van der Waals surface area contributed by atoms with Gasteiger partial charge in [0, 0.05) is 6.54 Å². The molecule has 2 atom stereocenters. The lowest BCUT2D eigenvalue weighted by atomic mass is 9.74. The Kier molecular flexibility index (Phi) is 5.65. The van der Waals surface area contributed by atoms with E-state index in [1.165, 1.54) is 0 Å². The summed E-state index contributed by atoms with van der Waals surface area (Å²) in [7, 11) is 0. The van der Waals surface area contributed by atoms with E-state index in [1.54, 1.807) is 20.8 Å². The third-order valence-corrected chi connectivity index (χ3v) is 4.14. The minimum Gasteiger partial charge on any atom is -0.481 e. The van der Waals surface area contributed by atoms with E-state index >= 15 is 0 Å². The van der Waals surface area contributed by atoms with Gasteiger partial charge in [0.05, 0.1) is 5.41 Å². The van der Waals surface area contributed by atoms with E-state index in [9.17, 15) is 14.7 Å². The molecule has 5 heteroatoms. The number of carboxylic acid groups (broad SMARTS) is 1. The molecular weight excluding hydrogens is 270 g/mol. The quantitative estimate of drug-likeness (QED) is 0.755. The number of carboxylic acids is 1. The number of carbonyl (C=O) groups is 2. The van der Waals surface area contributed by atoms with Gasteiger partial charge in [-0.05, 0) is 51.9 Å². The minimum atomic E-state index is -0.855. The average molecular weight is 299 g/mol. The van der Waals surface area contributed by atoms with Gasteiger partial charge in [-0.1, -0.05) is 20.3 Å². The van der Waals surface area contributed by atoms with Crippen LogP contribution in [0.3, 0.4) is 0 Å². The number of ether oxygens (including phenoxy) is 1. The van der Waals surface area contributed by atoms with Crippen molar-refractivity contribution in [1.82, 2.24) is 5.32 Å². The summed E-state index contributed by atoms with van der Waals surface area (Å²) < 4.78 is 5.20. The summed E-state index contributed by atoms with van der Waals surface area (Å²) in [5.41, 5.74) is -1.43. The van der Waals surface area contributed by atoms with Crippen molar-refractivity contribution in [2.75, 3.05) is 6.54 Å². The average Bonchev–Trinajstić information content (AvgIpc) is 3.16. The van der Waals surface area contributed by atoms with E-state index in [0.29, 0.717) is 12.3 Å². The largest absolute Gasteiger partial charge is 0.481 e. The number of nitrogens with one attached hydrogen (secondary N) is 1. The van der Waals surface area contributed by atoms with Crippen LogP contribution in [0.15, 0.2) is 0 Å². The zero-order chi connectivity index (χ0) is 16.3. The molecule has 1 aliphatic carbocycles. The topological polar surface area (TPSA) is 75.6 Å². The number of hydrogen-bond donors (Lipinski definition) is 2. The molecule has 1 rings (SSSR count). The first-order chi connectivity index (χ1) is 9.60. The molecule has 21 heavy (non-hydrogen) atoms. The monoisotopic (exact) mass is 299 g/mol. The number of alkyl carbamates (subject to hydrolysis) is 1. The predicted octanol–water partition coefficient (Wildman–Crippen LogP) is 3.43. The second-order valence-electron chi connectivity index (χ2n) is 7.31. The van der Waals surface area contributed by atoms with Gasteiger partial charge in [-0.3, -0.25) is 4.79 Å². The minimum absolute atomic E-state index is 0.145. The Morgan fingerprint density at radius 1 is 1.33 bits per heavy atom. The smallest absolute Gasteiger partial charge is 0.407 e. The van der Waals surface area contributed by atoms with Crippen molar-refractivity contribution in [3.8, 4) is 0 Å². The Balaban J connectivity index is 2.73. The van der Waals surface area contributed by atoms with Crippen LogP contribution in [0.5, 0.6) is 0 Å². The normalized spacial score (nSPS) is 19.5. The molecule has 122 valence electrons. The van der Waals surface area contributed by atoms with Gasteiger partial charge >= 0.3 is 12.1 Å². The lowest BCUT2D eigenvalue weighted by Crippen LogP contribution is -2.46. The number of amides is 1. The summed E-state index contributed by atoms with van der Waals surface area (Å²) >= 11 is 0. The molecule has 0 aromatic carbocycles. The summed E-state index contributed by atoms with van der Waals surface area (Å²) in [5, 5.41) is 12.4. The van der Waals surface area contributed by atoms with E-state index in [0.717, 1.165) is 19.3 Å². The lowest BCUT2D eigenvalue weighted by Gasteiger charge is -2.32. The maximum atomic E-state index is 11.9. The van der Waals surface area contributed by atoms with Crippen LogP contribution in [-0.2, 0) is 9.53 Å². The summed E-state index contributed by atoms with van der Waals surface area (Å²) in [4.78, 5) is 23.7. The first-order valence-corrected chi connectivity index (χ1v) is 7.81. The number of aliphatic carboxylic acids is 1. The van der Waals surface area contributed by atoms with Gasteiger partial charge in [0.1, 0.15) is 5.60 Å². The molecule has 0 heterocycles. The Morgan fingerprint density at radius 3 is 2.29 bits per heavy atom. The Hall–Kier alpha value is -1.26. The van der Waals surface area contributed by atoms with E-state index in [1.807, 2.05) is 0 Å². The van der Waals surface area contributed by atoms with Crippen molar-refractivity contribution < 1.29 is 19.4 Å². The second kappa shape index (κ2) is 6.67. The first kappa shape index (κ1) is 17.8. The highest BCUT2D eigenvalue weighted by Crippen LogP contribution is 2.49. The molecule has 0 aromatic rings. The van der Waals surface area contributed by atoms with Crippen molar-refractivity contribution in [3.05, 3.63) is 0 Å². The van der Waals surface area contributed by atoms with Crippen LogP contribution >= 0.6 is 0 Å². The SMILES string of the molecule is CCC(C)CC(CNC(=O)OC(C)(C)C)(C(=O)O)C1CC1. The predicted molar refractivity (Wildman–Crippen MR) is 81.1 cm³/mol. The van der Waals surface area contributed by atoms with Gasteiger partial charge in [0.2, 0.25) is 0 Å². The molecule has 0 bridgehead atoms. The molecule has 5 nitrogen and oxygen atoms in total. The molecule has 0 aliphatic heterocycles. The third-order valence-electron chi connectivity index (χ3n) is 4.14. The summed E-state index contributed by atoms with van der Waals surface area (Å²) in [5.74, 6) is -0.317. The summed E-state index contributed by atoms with van der Waals surface area (Å²) in [6, 6.07) is 0. The van der Waals surface area contributed by atoms with Crippen LogP contribution < -0.4 is 5.32 Å². The van der Waals surface area contributed by atoms with Crippen molar-refractivity contribution in [2.24, 2.45) is 17.3 Å². The van der Waals surface area contributed by atoms with Gasteiger partial charge in [-0.15, -0.1) is 0 Å². The fourth-order valence-electron chi connectivity index (χ4n) is 2.67. The molecule has 1 fully saturated rings. The van der Waals surface area contributed by atoms with Gasteiger partial charge in [-0.25, -0.2) is 4.79 Å². The van der Waals surface area contributed by atoms with E-state index < -0.39 is 23.1 Å². The van der Waals surface area contributed by atoms with Crippen molar-refractivity contribution in [1.29, 1.82) is 0 Å². The third kappa shape index (κ3) is 5.21. The number of hydrogen-bond acceptors (Lipinski definition) is 3. The molecule has 1 aliphatic rings. The lowest BCUT2D eigenvalue weighted by molar-refractivity contribution is -0.151. The van der Waals surface area contributed by atoms with Crippen molar-refractivity contribution >= 4 is 12.1 Å². The molecule has 2 N–H and O–H groups in total. The van der Waals surface area contributed by atoms with Crippen molar-refractivity contribution in [2.45, 2.75) is 65.9 Å². The first-order valence-electron chi connectivity index (χ1n) is 7.81. The molecule has 1 saturated carbocycles. The van der Waals surface area contributed by atoms with Crippen LogP contribution in [0, 0.1) is 17.3 Å².